The highest BCUT2D eigenvalue weighted by Crippen LogP contribution is 2.44. The molecule has 0 aliphatic carbocycles. The average Bonchev–Trinajstić information content (AvgIpc) is 3.79. The number of hydrogen-bond acceptors (Lipinski definition) is 2. The Morgan fingerprint density at radius 1 is 0.695 bits per heavy atom. The molecule has 0 amide bonds. The van der Waals surface area contributed by atoms with Gasteiger partial charge in [-0.2, -0.15) is 0 Å². The summed E-state index contributed by atoms with van der Waals surface area (Å²) in [6.45, 7) is 16.6. The molecule has 1 aliphatic rings. The Kier molecular flexibility index (Phi) is 8.59. The molecule has 0 bridgehead atoms. The molecule has 3 aromatic heterocycles. The Hall–Kier alpha value is -6.24. The topological polar surface area (TPSA) is 35.9 Å². The molecule has 5 nitrogen and oxygen atoms in total. The van der Waals surface area contributed by atoms with Crippen molar-refractivity contribution in [1.29, 1.82) is 0 Å². The zero-order valence-electron chi connectivity index (χ0n) is 35.0. The maximum Gasteiger partial charge on any atom is 0.244 e. The van der Waals surface area contributed by atoms with Gasteiger partial charge in [-0.25, -0.2) is 4.98 Å². The number of nitrogens with zero attached hydrogens (tertiary/aromatic N) is 4. The second kappa shape index (κ2) is 13.7. The third-order valence-corrected chi connectivity index (χ3v) is 15.9. The van der Waals surface area contributed by atoms with Crippen LogP contribution in [0.2, 0.25) is 19.1 Å². The summed E-state index contributed by atoms with van der Waals surface area (Å²) in [7, 11) is -1.80. The summed E-state index contributed by atoms with van der Waals surface area (Å²) < 4.78 is 13.4. The van der Waals surface area contributed by atoms with E-state index in [-0.39, 0.29) is 11.0 Å². The van der Waals surface area contributed by atoms with Gasteiger partial charge in [0.1, 0.15) is 17.3 Å². The number of ether oxygens (including phenoxy) is 1. The summed E-state index contributed by atoms with van der Waals surface area (Å²) in [5, 5.41) is 3.93. The highest BCUT2D eigenvalue weighted by atomic mass is 28.3. The minimum Gasteiger partial charge on any atom is -0.458 e. The van der Waals surface area contributed by atoms with E-state index in [4.69, 9.17) is 9.72 Å². The van der Waals surface area contributed by atoms with E-state index < -0.39 is 8.07 Å². The van der Waals surface area contributed by atoms with Crippen molar-refractivity contribution >= 4 is 46.1 Å². The van der Waals surface area contributed by atoms with Gasteiger partial charge in [0.15, 0.2) is 0 Å². The highest BCUT2D eigenvalue weighted by Gasteiger charge is 2.41. The smallest absolute Gasteiger partial charge is 0.244 e. The Morgan fingerprint density at radius 3 is 2.24 bits per heavy atom. The minimum atomic E-state index is -1.80. The molecular weight excluding hydrogens is 737 g/mol. The van der Waals surface area contributed by atoms with E-state index in [1.807, 2.05) is 12.3 Å². The third kappa shape index (κ3) is 6.29. The number of para-hydroxylation sites is 3. The van der Waals surface area contributed by atoms with E-state index in [1.54, 1.807) is 5.19 Å². The van der Waals surface area contributed by atoms with E-state index in [0.717, 1.165) is 50.5 Å². The standard InChI is InChI=1S/C53H50N4OSi/c1-52(2,3)56-35-55(46-22-13-14-23-47(46)56)38-18-15-19-39(33-38)58-40-24-25-43-42-20-11-12-21-45(42)57(48(43)34-40)49-32-37(28-30-54-49)50-41(36-16-9-8-10-17-36)26-27-44-51(50)59(6,7)31-29-53(44,4)5/h8-28,30,32-34H,29,31H2,1-7H3. The zero-order valence-corrected chi connectivity index (χ0v) is 36.0. The first-order valence-corrected chi connectivity index (χ1v) is 24.1. The maximum atomic E-state index is 6.72. The molecule has 6 heteroatoms. The molecule has 1 aliphatic heterocycles. The van der Waals surface area contributed by atoms with Gasteiger partial charge in [0, 0.05) is 23.0 Å². The van der Waals surface area contributed by atoms with Gasteiger partial charge in [-0.05, 0) is 108 Å². The van der Waals surface area contributed by atoms with Crippen LogP contribution in [0.25, 0.3) is 66.6 Å². The summed E-state index contributed by atoms with van der Waals surface area (Å²) in [6.07, 6.45) is 6.85. The quantitative estimate of drug-likeness (QED) is 0.0956. The molecule has 10 rings (SSSR count). The fraction of sp³-hybridized carbons (Fsp3) is 0.208. The summed E-state index contributed by atoms with van der Waals surface area (Å²) in [4.78, 5) is 5.12. The lowest BCUT2D eigenvalue weighted by Gasteiger charge is -2.42. The Bertz CT molecular complexity index is 3070. The van der Waals surface area contributed by atoms with Crippen LogP contribution in [-0.4, -0.2) is 22.2 Å². The van der Waals surface area contributed by atoms with Gasteiger partial charge in [-0.15, -0.1) is 0 Å². The van der Waals surface area contributed by atoms with E-state index >= 15 is 0 Å². The maximum absolute atomic E-state index is 6.72. The summed E-state index contributed by atoms with van der Waals surface area (Å²) in [5.41, 5.74) is 12.0. The van der Waals surface area contributed by atoms with Crippen molar-refractivity contribution in [3.63, 3.8) is 0 Å². The fourth-order valence-electron chi connectivity index (χ4n) is 9.45. The molecule has 0 saturated heterocycles. The number of aromatic nitrogens is 4. The first-order chi connectivity index (χ1) is 28.4. The molecule has 9 aromatic rings. The summed E-state index contributed by atoms with van der Waals surface area (Å²) >= 11 is 0. The van der Waals surface area contributed by atoms with Gasteiger partial charge in [-0.1, -0.05) is 130 Å². The van der Waals surface area contributed by atoms with Crippen molar-refractivity contribution in [2.45, 2.75) is 71.1 Å². The lowest BCUT2D eigenvalue weighted by atomic mass is 9.79. The van der Waals surface area contributed by atoms with Crippen molar-refractivity contribution in [3.05, 3.63) is 164 Å². The lowest BCUT2D eigenvalue weighted by Crippen LogP contribution is -2.52. The van der Waals surface area contributed by atoms with E-state index in [2.05, 4.69) is 207 Å². The Morgan fingerprint density at radius 2 is 1.42 bits per heavy atom. The minimum absolute atomic E-state index is 0.114. The molecule has 0 unspecified atom stereocenters. The average molecular weight is 787 g/mol. The molecule has 0 N–H and O–H groups in total. The van der Waals surface area contributed by atoms with Crippen LogP contribution in [0.1, 0.15) is 46.6 Å². The van der Waals surface area contributed by atoms with Gasteiger partial charge in [0.05, 0.1) is 41.4 Å². The number of pyridine rings is 1. The first-order valence-electron chi connectivity index (χ1n) is 20.8. The molecule has 6 aromatic carbocycles. The molecule has 0 atom stereocenters. The van der Waals surface area contributed by atoms with Crippen LogP contribution in [-0.2, 0) is 11.0 Å². The number of hydrogen-bond donors (Lipinski definition) is 0. The highest BCUT2D eigenvalue weighted by molar-refractivity contribution is 6.91. The van der Waals surface area contributed by atoms with Crippen molar-refractivity contribution in [1.82, 2.24) is 14.1 Å². The third-order valence-electron chi connectivity index (χ3n) is 12.5. The van der Waals surface area contributed by atoms with Crippen LogP contribution >= 0.6 is 0 Å². The van der Waals surface area contributed by atoms with Crippen LogP contribution in [0.4, 0.5) is 0 Å². The van der Waals surface area contributed by atoms with Gasteiger partial charge < -0.3 is 13.9 Å². The van der Waals surface area contributed by atoms with E-state index in [0.29, 0.717) is 0 Å². The van der Waals surface area contributed by atoms with Gasteiger partial charge >= 0.3 is 0 Å². The number of imidazole rings is 1. The van der Waals surface area contributed by atoms with Gasteiger partial charge in [-0.3, -0.25) is 4.57 Å². The van der Waals surface area contributed by atoms with Crippen molar-refractivity contribution in [2.24, 2.45) is 0 Å². The van der Waals surface area contributed by atoms with Gasteiger partial charge in [0.2, 0.25) is 6.33 Å². The lowest BCUT2D eigenvalue weighted by molar-refractivity contribution is -0.734. The van der Waals surface area contributed by atoms with E-state index in [1.165, 1.54) is 45.7 Å². The second-order valence-corrected chi connectivity index (χ2v) is 23.3. The van der Waals surface area contributed by atoms with Crippen molar-refractivity contribution < 1.29 is 9.30 Å². The molecule has 59 heavy (non-hydrogen) atoms. The molecule has 4 heterocycles. The van der Waals surface area contributed by atoms with Crippen molar-refractivity contribution in [3.8, 4) is 45.3 Å². The summed E-state index contributed by atoms with van der Waals surface area (Å²) in [6, 6.07) is 53.4. The number of fused-ring (bicyclic) bond motifs is 5. The van der Waals surface area contributed by atoms with Crippen LogP contribution < -0.4 is 14.5 Å². The molecule has 0 saturated carbocycles. The van der Waals surface area contributed by atoms with Crippen molar-refractivity contribution in [2.75, 3.05) is 0 Å². The molecule has 292 valence electrons. The Balaban J connectivity index is 1.11. The molecule has 0 radical (unpaired) electrons. The SMILES string of the molecule is CC1(C)CC[Si](C)(C)c2c1ccc(-c1ccccc1)c2-c1ccnc(-n2c3ccccc3c3ccc(Oc4cccc(-n5[c-][n+](C(C)(C)C)c6ccccc65)c4)cc32)c1. The van der Waals surface area contributed by atoms with Crippen LogP contribution in [0.3, 0.4) is 0 Å². The first kappa shape index (κ1) is 37.1. The van der Waals surface area contributed by atoms with Gasteiger partial charge in [0.25, 0.3) is 0 Å². The second-order valence-electron chi connectivity index (χ2n) is 18.5. The number of benzene rings is 6. The van der Waals surface area contributed by atoms with E-state index in [9.17, 15) is 0 Å². The summed E-state index contributed by atoms with van der Waals surface area (Å²) in [5.74, 6) is 2.41. The zero-order chi connectivity index (χ0) is 40.7. The van der Waals surface area contributed by atoms with Crippen LogP contribution in [0.5, 0.6) is 11.5 Å². The predicted octanol–water partition coefficient (Wildman–Crippen LogP) is 12.7. The Labute approximate surface area is 348 Å². The van der Waals surface area contributed by atoms with Crippen LogP contribution in [0, 0.1) is 6.33 Å². The largest absolute Gasteiger partial charge is 0.458 e. The molecule has 0 spiro atoms. The van der Waals surface area contributed by atoms with Crippen LogP contribution in [0.15, 0.2) is 152 Å². The monoisotopic (exact) mass is 786 g/mol. The normalized spacial score (nSPS) is 14.8. The predicted molar refractivity (Wildman–Crippen MR) is 246 cm³/mol. The molecule has 0 fully saturated rings. The number of rotatable bonds is 6. The fourth-order valence-corrected chi connectivity index (χ4v) is 13.1. The molecular formula is C53H50N4OSi.